The molecular weight excluding hydrogens is 390 g/mol. The van der Waals surface area contributed by atoms with Gasteiger partial charge in [-0.3, -0.25) is 4.48 Å². The summed E-state index contributed by atoms with van der Waals surface area (Å²) in [6.45, 7) is 7.98. The first-order valence-corrected chi connectivity index (χ1v) is 15.1. The van der Waals surface area contributed by atoms with Crippen LogP contribution >= 0.6 is 0 Å². The Kier molecular flexibility index (Phi) is 19.6. The summed E-state index contributed by atoms with van der Waals surface area (Å²) in [5.41, 5.74) is 0. The average Bonchev–Trinajstić information content (AvgIpc) is 2.98. The Morgan fingerprint density at radius 1 is 0.500 bits per heavy atom. The van der Waals surface area contributed by atoms with E-state index in [1.165, 1.54) is 141 Å². The maximum atomic E-state index is 13.1. The summed E-state index contributed by atoms with van der Waals surface area (Å²) in [6, 6.07) is 0. The molecule has 0 aliphatic carbocycles. The third-order valence-electron chi connectivity index (χ3n) is 7.89. The molecule has 0 aromatic heterocycles. The number of nitrogens with zero attached hydrogens (tertiary/aromatic N) is 1. The number of hydrogen-bond acceptors (Lipinski definition) is 1. The molecule has 190 valence electrons. The van der Waals surface area contributed by atoms with Gasteiger partial charge in [0.2, 0.25) is 0 Å². The van der Waals surface area contributed by atoms with Crippen molar-refractivity contribution in [3.05, 3.63) is 0 Å². The molecule has 1 rings (SSSR count). The molecule has 0 atom stereocenters. The zero-order valence-corrected chi connectivity index (χ0v) is 22.4. The van der Waals surface area contributed by atoms with Crippen LogP contribution in [0.2, 0.25) is 0 Å². The molecule has 2 heteroatoms. The molecule has 0 spiro atoms. The lowest BCUT2D eigenvalue weighted by Gasteiger charge is -2.35. The van der Waals surface area contributed by atoms with Crippen LogP contribution in [-0.4, -0.2) is 30.0 Å². The van der Waals surface area contributed by atoms with E-state index in [2.05, 4.69) is 13.8 Å². The SMILES string of the molecule is CCCCCCCCCCCC[N+]1(CCCCCCCCCCCC)CCCCCC1=O. The lowest BCUT2D eigenvalue weighted by atomic mass is 10.0. The Morgan fingerprint density at radius 3 is 1.28 bits per heavy atom. The van der Waals surface area contributed by atoms with Gasteiger partial charge in [-0.2, -0.15) is 0 Å². The van der Waals surface area contributed by atoms with E-state index < -0.39 is 0 Å². The normalized spacial score (nSPS) is 16.4. The Morgan fingerprint density at radius 2 is 0.875 bits per heavy atom. The van der Waals surface area contributed by atoms with Gasteiger partial charge in [0, 0.05) is 0 Å². The second-order valence-electron chi connectivity index (χ2n) is 10.9. The van der Waals surface area contributed by atoms with Crippen molar-refractivity contribution in [2.24, 2.45) is 0 Å². The summed E-state index contributed by atoms with van der Waals surface area (Å²) >= 11 is 0. The third kappa shape index (κ3) is 14.7. The highest BCUT2D eigenvalue weighted by Gasteiger charge is 2.36. The van der Waals surface area contributed by atoms with Crippen LogP contribution in [0.3, 0.4) is 0 Å². The maximum absolute atomic E-state index is 13.1. The molecule has 0 N–H and O–H groups in total. The molecule has 0 aromatic rings. The van der Waals surface area contributed by atoms with Gasteiger partial charge in [0.1, 0.15) is 0 Å². The van der Waals surface area contributed by atoms with Crippen molar-refractivity contribution in [2.45, 2.75) is 168 Å². The predicted molar refractivity (Wildman–Crippen MR) is 142 cm³/mol. The Hall–Kier alpha value is -0.370. The number of hydrogen-bond donors (Lipinski definition) is 0. The lowest BCUT2D eigenvalue weighted by Crippen LogP contribution is -2.53. The lowest BCUT2D eigenvalue weighted by molar-refractivity contribution is -0.855. The van der Waals surface area contributed by atoms with E-state index in [0.29, 0.717) is 5.91 Å². The molecule has 1 aliphatic heterocycles. The molecule has 1 saturated heterocycles. The predicted octanol–water partition coefficient (Wildman–Crippen LogP) is 9.75. The zero-order chi connectivity index (χ0) is 23.2. The van der Waals surface area contributed by atoms with Gasteiger partial charge in [0.05, 0.1) is 26.1 Å². The van der Waals surface area contributed by atoms with Crippen molar-refractivity contribution >= 4 is 5.91 Å². The smallest absolute Gasteiger partial charge is 0.261 e. The van der Waals surface area contributed by atoms with Crippen molar-refractivity contribution in [1.82, 2.24) is 0 Å². The second-order valence-corrected chi connectivity index (χ2v) is 10.9. The molecule has 0 saturated carbocycles. The van der Waals surface area contributed by atoms with Crippen LogP contribution < -0.4 is 0 Å². The largest absolute Gasteiger partial charge is 0.313 e. The molecule has 1 heterocycles. The molecule has 1 fully saturated rings. The topological polar surface area (TPSA) is 17.1 Å². The fourth-order valence-corrected chi connectivity index (χ4v) is 5.62. The Bertz CT molecular complexity index is 395. The number of quaternary nitrogens is 1. The first-order chi connectivity index (χ1) is 15.7. The van der Waals surface area contributed by atoms with Crippen molar-refractivity contribution < 1.29 is 9.28 Å². The monoisotopic (exact) mass is 450 g/mol. The minimum Gasteiger partial charge on any atom is -0.261 e. The zero-order valence-electron chi connectivity index (χ0n) is 22.4. The van der Waals surface area contributed by atoms with Crippen LogP contribution in [-0.2, 0) is 4.79 Å². The van der Waals surface area contributed by atoms with Gasteiger partial charge in [0.15, 0.2) is 0 Å². The van der Waals surface area contributed by atoms with Gasteiger partial charge in [-0.25, -0.2) is 4.79 Å². The fourth-order valence-electron chi connectivity index (χ4n) is 5.62. The average molecular weight is 451 g/mol. The highest BCUT2D eigenvalue weighted by atomic mass is 16.2. The van der Waals surface area contributed by atoms with Crippen LogP contribution in [0.4, 0.5) is 0 Å². The van der Waals surface area contributed by atoms with E-state index in [9.17, 15) is 4.79 Å². The van der Waals surface area contributed by atoms with Crippen LogP contribution in [0, 0.1) is 0 Å². The fraction of sp³-hybridized carbons (Fsp3) is 0.967. The van der Waals surface area contributed by atoms with Gasteiger partial charge in [0.25, 0.3) is 0 Å². The van der Waals surface area contributed by atoms with E-state index >= 15 is 0 Å². The van der Waals surface area contributed by atoms with E-state index in [4.69, 9.17) is 0 Å². The summed E-state index contributed by atoms with van der Waals surface area (Å²) in [5, 5.41) is 0. The molecule has 2 nitrogen and oxygen atoms in total. The molecule has 0 radical (unpaired) electrons. The number of unbranched alkanes of at least 4 members (excludes halogenated alkanes) is 18. The molecule has 0 unspecified atom stereocenters. The van der Waals surface area contributed by atoms with E-state index in [-0.39, 0.29) is 0 Å². The highest BCUT2D eigenvalue weighted by Crippen LogP contribution is 2.24. The molecule has 1 aliphatic rings. The first-order valence-electron chi connectivity index (χ1n) is 15.1. The quantitative estimate of drug-likeness (QED) is 0.118. The van der Waals surface area contributed by atoms with E-state index in [0.717, 1.165) is 37.0 Å². The standard InChI is InChI=1S/C30H60NO/c1-3-5-7-9-11-13-15-17-19-23-27-31(29-25-21-22-26-30(31)32)28-24-20-18-16-14-12-10-8-6-4-2/h3-29H2,1-2H3/q+1. The number of carbonyl (C=O) groups is 1. The van der Waals surface area contributed by atoms with Crippen LogP contribution in [0.5, 0.6) is 0 Å². The third-order valence-corrected chi connectivity index (χ3v) is 7.89. The minimum absolute atomic E-state index is 0.578. The summed E-state index contributed by atoms with van der Waals surface area (Å²) in [5.74, 6) is 0.578. The summed E-state index contributed by atoms with van der Waals surface area (Å²) in [6.07, 6.45) is 32.2. The Balaban J connectivity index is 2.19. The summed E-state index contributed by atoms with van der Waals surface area (Å²) in [4.78, 5) is 13.1. The van der Waals surface area contributed by atoms with Gasteiger partial charge in [-0.05, 0) is 44.9 Å². The number of carbonyl (C=O) groups excluding carboxylic acids is 1. The number of rotatable bonds is 22. The molecular formula is C30H60NO+. The van der Waals surface area contributed by atoms with E-state index in [1.807, 2.05) is 0 Å². The van der Waals surface area contributed by atoms with Crippen LogP contribution in [0.15, 0.2) is 0 Å². The molecule has 32 heavy (non-hydrogen) atoms. The molecule has 0 bridgehead atoms. The first kappa shape index (κ1) is 29.7. The van der Waals surface area contributed by atoms with E-state index in [1.54, 1.807) is 0 Å². The van der Waals surface area contributed by atoms with Gasteiger partial charge >= 0.3 is 5.91 Å². The maximum Gasteiger partial charge on any atom is 0.313 e. The number of amides is 1. The molecule has 0 aromatic carbocycles. The highest BCUT2D eigenvalue weighted by molar-refractivity contribution is 5.69. The Labute approximate surface area is 202 Å². The second kappa shape index (κ2) is 21.2. The molecule has 1 amide bonds. The van der Waals surface area contributed by atoms with Crippen molar-refractivity contribution in [1.29, 1.82) is 0 Å². The minimum atomic E-state index is 0.578. The summed E-state index contributed by atoms with van der Waals surface area (Å²) < 4.78 is 0.841. The van der Waals surface area contributed by atoms with Crippen LogP contribution in [0.25, 0.3) is 0 Å². The van der Waals surface area contributed by atoms with Gasteiger partial charge in [-0.15, -0.1) is 0 Å². The number of likely N-dealkylation sites (tertiary alicyclic amines) is 1. The van der Waals surface area contributed by atoms with Gasteiger partial charge < -0.3 is 0 Å². The van der Waals surface area contributed by atoms with Crippen molar-refractivity contribution in [2.75, 3.05) is 19.6 Å². The van der Waals surface area contributed by atoms with Crippen molar-refractivity contribution in [3.63, 3.8) is 0 Å². The summed E-state index contributed by atoms with van der Waals surface area (Å²) in [7, 11) is 0. The van der Waals surface area contributed by atoms with Gasteiger partial charge in [-0.1, -0.05) is 117 Å². The van der Waals surface area contributed by atoms with Crippen LogP contribution in [0.1, 0.15) is 168 Å². The van der Waals surface area contributed by atoms with Crippen molar-refractivity contribution in [3.8, 4) is 0 Å².